The van der Waals surface area contributed by atoms with Crippen molar-refractivity contribution in [1.29, 1.82) is 0 Å². The molecule has 8 heteroatoms. The van der Waals surface area contributed by atoms with Crippen molar-refractivity contribution < 1.29 is 14.3 Å². The minimum atomic E-state index is -0.836. The third kappa shape index (κ3) is 3.55. The van der Waals surface area contributed by atoms with Crippen LogP contribution in [0.4, 0.5) is 5.69 Å². The minimum absolute atomic E-state index is 0.0737. The number of pyridine rings is 1. The summed E-state index contributed by atoms with van der Waals surface area (Å²) in [6, 6.07) is 1.96. The van der Waals surface area contributed by atoms with Crippen molar-refractivity contribution in [2.24, 2.45) is 5.92 Å². The van der Waals surface area contributed by atoms with Crippen LogP contribution in [-0.2, 0) is 14.3 Å². The van der Waals surface area contributed by atoms with Gasteiger partial charge in [-0.2, -0.15) is 5.10 Å². The number of aromatic nitrogens is 3. The first-order valence-corrected chi connectivity index (χ1v) is 10.5. The maximum absolute atomic E-state index is 13.2. The van der Waals surface area contributed by atoms with Crippen LogP contribution in [0.25, 0.3) is 5.69 Å². The molecule has 0 aromatic carbocycles. The van der Waals surface area contributed by atoms with E-state index < -0.39 is 5.54 Å². The largest absolute Gasteiger partial charge is 0.467 e. The van der Waals surface area contributed by atoms with Gasteiger partial charge in [0.25, 0.3) is 0 Å². The van der Waals surface area contributed by atoms with Crippen molar-refractivity contribution in [1.82, 2.24) is 19.7 Å². The van der Waals surface area contributed by atoms with Crippen molar-refractivity contribution in [3.8, 4) is 5.69 Å². The van der Waals surface area contributed by atoms with Gasteiger partial charge in [-0.05, 0) is 51.2 Å². The van der Waals surface area contributed by atoms with E-state index in [0.29, 0.717) is 13.0 Å². The molecule has 2 aromatic rings. The molecule has 1 atom stereocenters. The lowest BCUT2D eigenvalue weighted by Crippen LogP contribution is -2.54. The highest BCUT2D eigenvalue weighted by Gasteiger charge is 2.48. The molecule has 2 fully saturated rings. The van der Waals surface area contributed by atoms with Gasteiger partial charge in [0.05, 0.1) is 30.9 Å². The van der Waals surface area contributed by atoms with Gasteiger partial charge in [-0.25, -0.2) is 9.48 Å². The Morgan fingerprint density at radius 1 is 1.17 bits per heavy atom. The normalized spacial score (nSPS) is 22.4. The van der Waals surface area contributed by atoms with E-state index in [9.17, 15) is 9.59 Å². The van der Waals surface area contributed by atoms with E-state index >= 15 is 0 Å². The van der Waals surface area contributed by atoms with Crippen LogP contribution in [0, 0.1) is 12.8 Å². The molecule has 0 spiro atoms. The first kappa shape index (κ1) is 20.4. The molecule has 1 amide bonds. The number of piperidine rings is 1. The summed E-state index contributed by atoms with van der Waals surface area (Å²) >= 11 is 0. The number of ether oxygens (including phenoxy) is 1. The van der Waals surface area contributed by atoms with Crippen molar-refractivity contribution in [2.45, 2.75) is 45.1 Å². The second-order valence-electron chi connectivity index (χ2n) is 8.45. The van der Waals surface area contributed by atoms with E-state index in [1.165, 1.54) is 7.11 Å². The Kier molecular flexibility index (Phi) is 5.49. The van der Waals surface area contributed by atoms with E-state index in [4.69, 9.17) is 4.74 Å². The molecular formula is C22H29N5O3. The lowest BCUT2D eigenvalue weighted by Gasteiger charge is -2.38. The van der Waals surface area contributed by atoms with Gasteiger partial charge < -0.3 is 14.5 Å². The van der Waals surface area contributed by atoms with Crippen LogP contribution in [0.1, 0.15) is 38.2 Å². The third-order valence-corrected chi connectivity index (χ3v) is 6.45. The molecule has 2 aliphatic rings. The molecular weight excluding hydrogens is 382 g/mol. The lowest BCUT2D eigenvalue weighted by atomic mass is 9.92. The van der Waals surface area contributed by atoms with Gasteiger partial charge in [0.1, 0.15) is 5.54 Å². The van der Waals surface area contributed by atoms with Crippen LogP contribution in [-0.4, -0.2) is 63.8 Å². The second kappa shape index (κ2) is 8.08. The van der Waals surface area contributed by atoms with Crippen LogP contribution < -0.4 is 4.90 Å². The monoisotopic (exact) mass is 411 g/mol. The van der Waals surface area contributed by atoms with E-state index in [1.807, 2.05) is 43.2 Å². The first-order valence-electron chi connectivity index (χ1n) is 10.5. The number of hydrogen-bond acceptors (Lipinski definition) is 6. The summed E-state index contributed by atoms with van der Waals surface area (Å²) < 4.78 is 6.85. The minimum Gasteiger partial charge on any atom is -0.467 e. The molecule has 0 aliphatic carbocycles. The summed E-state index contributed by atoms with van der Waals surface area (Å²) in [6.07, 6.45) is 10.5. The Morgan fingerprint density at radius 3 is 2.60 bits per heavy atom. The van der Waals surface area contributed by atoms with E-state index in [0.717, 1.165) is 49.3 Å². The van der Waals surface area contributed by atoms with Crippen molar-refractivity contribution in [2.75, 3.05) is 31.6 Å². The van der Waals surface area contributed by atoms with Gasteiger partial charge in [-0.3, -0.25) is 9.78 Å². The molecule has 0 unspecified atom stereocenters. The number of methoxy groups -OCH3 is 1. The topological polar surface area (TPSA) is 80.6 Å². The Labute approximate surface area is 176 Å². The van der Waals surface area contributed by atoms with E-state index in [2.05, 4.69) is 15.0 Å². The molecule has 2 saturated heterocycles. The van der Waals surface area contributed by atoms with Crippen LogP contribution in [0.15, 0.2) is 30.9 Å². The average Bonchev–Trinajstić information content (AvgIpc) is 3.39. The quantitative estimate of drug-likeness (QED) is 0.719. The molecule has 2 aliphatic heterocycles. The van der Waals surface area contributed by atoms with Crippen molar-refractivity contribution >= 4 is 17.6 Å². The number of rotatable bonds is 4. The highest BCUT2D eigenvalue weighted by Crippen LogP contribution is 2.34. The highest BCUT2D eigenvalue weighted by molar-refractivity contribution is 5.89. The fourth-order valence-corrected chi connectivity index (χ4v) is 4.70. The number of likely N-dealkylation sites (tertiary alicyclic amines) is 1. The second-order valence-corrected chi connectivity index (χ2v) is 8.45. The predicted molar refractivity (Wildman–Crippen MR) is 112 cm³/mol. The summed E-state index contributed by atoms with van der Waals surface area (Å²) in [5.74, 6) is -0.315. The molecule has 0 N–H and O–H groups in total. The van der Waals surface area contributed by atoms with Gasteiger partial charge in [-0.1, -0.05) is 0 Å². The number of anilines is 1. The number of carbonyl (C=O) groups excluding carboxylic acids is 2. The molecule has 8 nitrogen and oxygen atoms in total. The molecule has 4 rings (SSSR count). The average molecular weight is 412 g/mol. The number of aryl methyl sites for hydroxylation is 1. The Hall–Kier alpha value is -2.90. The third-order valence-electron chi connectivity index (χ3n) is 6.45. The maximum Gasteiger partial charge on any atom is 0.331 e. The van der Waals surface area contributed by atoms with Crippen LogP contribution in [0.2, 0.25) is 0 Å². The summed E-state index contributed by atoms with van der Waals surface area (Å²) in [7, 11) is 1.39. The van der Waals surface area contributed by atoms with Gasteiger partial charge in [0, 0.05) is 37.9 Å². The molecule has 4 heterocycles. The summed E-state index contributed by atoms with van der Waals surface area (Å²) in [4.78, 5) is 33.9. The number of esters is 1. The summed E-state index contributed by atoms with van der Waals surface area (Å²) in [6.45, 7) is 5.99. The van der Waals surface area contributed by atoms with Crippen molar-refractivity contribution in [3.63, 3.8) is 0 Å². The zero-order valence-corrected chi connectivity index (χ0v) is 17.9. The zero-order valence-electron chi connectivity index (χ0n) is 17.9. The molecule has 0 bridgehead atoms. The van der Waals surface area contributed by atoms with Gasteiger partial charge in [0.15, 0.2) is 0 Å². The molecule has 30 heavy (non-hydrogen) atoms. The zero-order chi connectivity index (χ0) is 21.3. The lowest BCUT2D eigenvalue weighted by molar-refractivity contribution is -0.159. The smallest absolute Gasteiger partial charge is 0.331 e. The van der Waals surface area contributed by atoms with Gasteiger partial charge >= 0.3 is 5.97 Å². The Morgan fingerprint density at radius 2 is 1.93 bits per heavy atom. The van der Waals surface area contributed by atoms with Crippen molar-refractivity contribution in [3.05, 3.63) is 36.4 Å². The Bertz CT molecular complexity index is 934. The fraction of sp³-hybridized carbons (Fsp3) is 0.545. The van der Waals surface area contributed by atoms with Gasteiger partial charge in [-0.15, -0.1) is 0 Å². The SMILES string of the molecule is COC(=O)[C@@]1(C)CCCN1C(=O)C1CCN(c2cnccc2-n2cc(C)cn2)CC1. The van der Waals surface area contributed by atoms with Crippen LogP contribution in [0.5, 0.6) is 0 Å². The van der Waals surface area contributed by atoms with Gasteiger partial charge in [0.2, 0.25) is 5.91 Å². The summed E-state index contributed by atoms with van der Waals surface area (Å²) in [5.41, 5.74) is 2.27. The fourth-order valence-electron chi connectivity index (χ4n) is 4.70. The van der Waals surface area contributed by atoms with Crippen LogP contribution in [0.3, 0.4) is 0 Å². The molecule has 0 saturated carbocycles. The number of hydrogen-bond donors (Lipinski definition) is 0. The molecule has 2 aromatic heterocycles. The van der Waals surface area contributed by atoms with E-state index in [1.54, 1.807) is 11.1 Å². The highest BCUT2D eigenvalue weighted by atomic mass is 16.5. The molecule has 0 radical (unpaired) electrons. The number of nitrogens with zero attached hydrogens (tertiary/aromatic N) is 5. The number of carbonyl (C=O) groups is 2. The Balaban J connectivity index is 1.46. The first-order chi connectivity index (χ1) is 14.4. The molecule has 160 valence electrons. The maximum atomic E-state index is 13.2. The van der Waals surface area contributed by atoms with E-state index in [-0.39, 0.29) is 17.8 Å². The van der Waals surface area contributed by atoms with Crippen LogP contribution >= 0.6 is 0 Å². The standard InChI is InChI=1S/C22H29N5O3/c1-16-13-24-27(15-16)18-5-9-23-14-19(18)25-11-6-17(7-12-25)20(28)26-10-4-8-22(26,2)21(29)30-3/h5,9,13-15,17H,4,6-8,10-12H2,1-3H3/t22-/m1/s1. The summed E-state index contributed by atoms with van der Waals surface area (Å²) in [5, 5.41) is 4.44. The number of amides is 1. The predicted octanol–water partition coefficient (Wildman–Crippen LogP) is 2.35.